The van der Waals surface area contributed by atoms with Gasteiger partial charge in [-0.25, -0.2) is 0 Å². The van der Waals surface area contributed by atoms with E-state index in [2.05, 4.69) is 52.0 Å². The highest BCUT2D eigenvalue weighted by atomic mass is 35.5. The number of rotatable bonds is 15. The first-order valence-electron chi connectivity index (χ1n) is 17.3. The molecule has 11 heteroatoms. The second kappa shape index (κ2) is 16.5. The van der Waals surface area contributed by atoms with Crippen LogP contribution in [-0.2, 0) is 28.1 Å². The summed E-state index contributed by atoms with van der Waals surface area (Å²) in [7, 11) is 1.50. The van der Waals surface area contributed by atoms with Gasteiger partial charge < -0.3 is 24.2 Å². The number of carbonyl (C=O) groups is 1. The molecule has 1 atom stereocenters. The fourth-order valence-corrected chi connectivity index (χ4v) is 6.61. The largest absolute Gasteiger partial charge is 0.508 e. The van der Waals surface area contributed by atoms with Crippen molar-refractivity contribution in [1.82, 2.24) is 20.5 Å². The van der Waals surface area contributed by atoms with Gasteiger partial charge in [0.15, 0.2) is 0 Å². The van der Waals surface area contributed by atoms with Crippen molar-refractivity contribution in [1.29, 1.82) is 0 Å². The van der Waals surface area contributed by atoms with E-state index in [0.717, 1.165) is 22.3 Å². The number of ether oxygens (including phenoxy) is 3. The average Bonchev–Trinajstić information content (AvgIpc) is 3.62. The van der Waals surface area contributed by atoms with Crippen LogP contribution >= 0.6 is 11.6 Å². The van der Waals surface area contributed by atoms with Crippen molar-refractivity contribution in [3.63, 3.8) is 0 Å². The molecule has 0 aliphatic heterocycles. The maximum absolute atomic E-state index is 14.4. The predicted octanol–water partition coefficient (Wildman–Crippen LogP) is 7.50. The van der Waals surface area contributed by atoms with Crippen LogP contribution in [0.4, 0.5) is 0 Å². The molecule has 0 radical (unpaired) electrons. The van der Waals surface area contributed by atoms with Gasteiger partial charge in [0.1, 0.15) is 40.9 Å². The normalized spacial score (nSPS) is 11.9. The molecule has 6 aromatic carbocycles. The molecule has 0 aliphatic rings. The topological polar surface area (TPSA) is 117 Å². The summed E-state index contributed by atoms with van der Waals surface area (Å²) in [5.74, 6) is 0.557. The van der Waals surface area contributed by atoms with Crippen molar-refractivity contribution in [2.24, 2.45) is 0 Å². The number of fused-ring (bicyclic) bond motifs is 1. The van der Waals surface area contributed by atoms with Gasteiger partial charge in [-0.2, -0.15) is 0 Å². The number of hydrogen-bond acceptors (Lipinski definition) is 9. The Bertz CT molecular complexity index is 2210. The minimum Gasteiger partial charge on any atom is -0.508 e. The maximum Gasteiger partial charge on any atom is 0.323 e. The summed E-state index contributed by atoms with van der Waals surface area (Å²) in [5.41, 5.74) is 4.65. The van der Waals surface area contributed by atoms with Crippen LogP contribution in [0.15, 0.2) is 152 Å². The highest BCUT2D eigenvalue weighted by molar-refractivity contribution is 6.31. The van der Waals surface area contributed by atoms with Gasteiger partial charge in [-0.1, -0.05) is 120 Å². The summed E-state index contributed by atoms with van der Waals surface area (Å²) in [5, 5.41) is 22.4. The molecular weight excluding hydrogens is 704 g/mol. The molecule has 0 fully saturated rings. The first-order chi connectivity index (χ1) is 26.4. The van der Waals surface area contributed by atoms with Gasteiger partial charge in [-0.05, 0) is 76.4 Å². The fourth-order valence-electron chi connectivity index (χ4n) is 6.44. The minimum absolute atomic E-state index is 0.0515. The number of phenols is 1. The highest BCUT2D eigenvalue weighted by Gasteiger charge is 2.40. The van der Waals surface area contributed by atoms with Gasteiger partial charge in [-0.3, -0.25) is 10.1 Å². The molecule has 272 valence electrons. The lowest BCUT2D eigenvalue weighted by Gasteiger charge is -2.39. The molecule has 54 heavy (non-hydrogen) atoms. The molecule has 2 N–H and O–H groups in total. The summed E-state index contributed by atoms with van der Waals surface area (Å²) in [6.45, 7) is -0.190. The zero-order valence-corrected chi connectivity index (χ0v) is 30.1. The third-order valence-corrected chi connectivity index (χ3v) is 9.31. The average molecular weight is 741 g/mol. The smallest absolute Gasteiger partial charge is 0.323 e. The summed E-state index contributed by atoms with van der Waals surface area (Å²) >= 11 is 6.14. The Morgan fingerprint density at radius 1 is 0.815 bits per heavy atom. The number of benzene rings is 6. The Labute approximate surface area is 317 Å². The number of hydrogen-bond donors (Lipinski definition) is 2. The number of nitrogens with one attached hydrogen (secondary N) is 1. The van der Waals surface area contributed by atoms with E-state index in [9.17, 15) is 9.90 Å². The summed E-state index contributed by atoms with van der Waals surface area (Å²) in [6, 6.07) is 46.7. The molecule has 1 heterocycles. The van der Waals surface area contributed by atoms with Crippen LogP contribution in [0.2, 0.25) is 5.02 Å². The third kappa shape index (κ3) is 8.00. The molecule has 10 nitrogen and oxygen atoms in total. The number of carbonyl (C=O) groups excluding carboxylic acids is 1. The number of methoxy groups -OCH3 is 1. The van der Waals surface area contributed by atoms with Crippen molar-refractivity contribution in [3.05, 3.63) is 184 Å². The number of aromatic nitrogens is 3. The maximum atomic E-state index is 14.4. The Morgan fingerprint density at radius 2 is 1.44 bits per heavy atom. The lowest BCUT2D eigenvalue weighted by molar-refractivity contribution is -0.148. The molecule has 0 aliphatic carbocycles. The first kappa shape index (κ1) is 36.0. The van der Waals surface area contributed by atoms with Crippen LogP contribution in [0.5, 0.6) is 17.2 Å². The molecular formula is C43H37ClN4O6. The van der Waals surface area contributed by atoms with E-state index >= 15 is 0 Å². The number of halogens is 1. The van der Waals surface area contributed by atoms with Crippen LogP contribution in [0, 0.1) is 0 Å². The van der Waals surface area contributed by atoms with E-state index in [4.69, 9.17) is 30.6 Å². The second-order valence-electron chi connectivity index (χ2n) is 12.5. The molecule has 1 unspecified atom stereocenters. The van der Waals surface area contributed by atoms with Crippen LogP contribution in [0.25, 0.3) is 11.0 Å². The molecule has 1 aromatic heterocycles. The Morgan fingerprint density at radius 3 is 2.06 bits per heavy atom. The van der Waals surface area contributed by atoms with Crippen LogP contribution in [-0.4, -0.2) is 46.2 Å². The number of phenolic OH excluding ortho intramolecular Hbond substituents is 1. The molecule has 7 rings (SSSR count). The van der Waals surface area contributed by atoms with Gasteiger partial charge >= 0.3 is 5.97 Å². The number of nitrogens with zero attached hydrogens (tertiary/aromatic N) is 3. The highest BCUT2D eigenvalue weighted by Crippen LogP contribution is 2.38. The zero-order valence-electron chi connectivity index (χ0n) is 29.3. The van der Waals surface area contributed by atoms with Gasteiger partial charge in [0.2, 0.25) is 0 Å². The Hall–Kier alpha value is -6.36. The predicted molar refractivity (Wildman–Crippen MR) is 205 cm³/mol. The van der Waals surface area contributed by atoms with E-state index in [1.165, 1.54) is 24.1 Å². The monoisotopic (exact) mass is 740 g/mol. The van der Waals surface area contributed by atoms with Gasteiger partial charge in [0, 0.05) is 16.7 Å². The van der Waals surface area contributed by atoms with Crippen molar-refractivity contribution in [2.45, 2.75) is 24.6 Å². The van der Waals surface area contributed by atoms with E-state index in [-0.39, 0.29) is 25.6 Å². The minimum atomic E-state index is -0.945. The quantitative estimate of drug-likeness (QED) is 0.0626. The van der Waals surface area contributed by atoms with Crippen LogP contribution < -0.4 is 19.6 Å². The molecule has 0 amide bonds. The summed E-state index contributed by atoms with van der Waals surface area (Å²) < 4.78 is 17.3. The number of aromatic hydroxyl groups is 1. The van der Waals surface area contributed by atoms with Crippen LogP contribution in [0.3, 0.4) is 0 Å². The van der Waals surface area contributed by atoms with Crippen molar-refractivity contribution in [2.75, 3.05) is 13.9 Å². The fraction of sp³-hybridized carbons (Fsp3) is 0.140. The lowest BCUT2D eigenvalue weighted by atomic mass is 9.76. The van der Waals surface area contributed by atoms with E-state index in [0.29, 0.717) is 33.1 Å². The number of esters is 1. The SMILES string of the molecule is COc1cc(O)ccc1COC(=O)C(Cc1ccc(OCOn2nnc3ccc(Cl)cc32)cc1)NC(c1ccccc1)(c1ccccc1)c1ccccc1. The van der Waals surface area contributed by atoms with Crippen molar-refractivity contribution in [3.8, 4) is 17.2 Å². The standard InChI is InChI=1S/C43H37ClN4O6/c1-51-41-27-36(49)21-19-31(41)28-52-42(50)39(25-30-17-22-37(23-18-30)53-29-54-48-40-26-35(44)20-24-38(40)46-47-48)45-43(32-11-5-2-6-12-32,33-13-7-3-8-14-33)34-15-9-4-10-16-34/h2-24,26-27,39,45,49H,25,28-29H2,1H3. The Kier molecular flexibility index (Phi) is 11.0. The molecule has 0 saturated carbocycles. The molecule has 0 saturated heterocycles. The Balaban J connectivity index is 1.18. The first-order valence-corrected chi connectivity index (χ1v) is 17.6. The van der Waals surface area contributed by atoms with E-state index < -0.39 is 17.6 Å². The molecule has 0 spiro atoms. The second-order valence-corrected chi connectivity index (χ2v) is 12.9. The van der Waals surface area contributed by atoms with Crippen molar-refractivity contribution < 1.29 is 28.9 Å². The van der Waals surface area contributed by atoms with Gasteiger partial charge in [0.05, 0.1) is 12.6 Å². The van der Waals surface area contributed by atoms with Crippen molar-refractivity contribution >= 4 is 28.6 Å². The summed E-state index contributed by atoms with van der Waals surface area (Å²) in [6.07, 6.45) is 0.280. The lowest BCUT2D eigenvalue weighted by Crippen LogP contribution is -2.53. The van der Waals surface area contributed by atoms with Gasteiger partial charge in [0.25, 0.3) is 6.79 Å². The third-order valence-electron chi connectivity index (χ3n) is 9.08. The molecule has 0 bridgehead atoms. The van der Waals surface area contributed by atoms with Gasteiger partial charge in [-0.15, -0.1) is 5.10 Å². The molecule has 7 aromatic rings. The van der Waals surface area contributed by atoms with E-state index in [1.807, 2.05) is 78.9 Å². The van der Waals surface area contributed by atoms with Crippen LogP contribution in [0.1, 0.15) is 27.8 Å². The zero-order chi connectivity index (χ0) is 37.3. The van der Waals surface area contributed by atoms with E-state index in [1.54, 1.807) is 24.3 Å². The summed E-state index contributed by atoms with van der Waals surface area (Å²) in [4.78, 5) is 21.3.